The Morgan fingerprint density at radius 3 is 2.89 bits per heavy atom. The van der Waals surface area contributed by atoms with Crippen molar-refractivity contribution in [2.75, 3.05) is 45.8 Å². The van der Waals surface area contributed by atoms with E-state index in [4.69, 9.17) is 9.47 Å². The normalized spacial score (nSPS) is 21.2. The van der Waals surface area contributed by atoms with Crippen molar-refractivity contribution in [3.8, 4) is 5.75 Å². The number of aromatic amines is 1. The molecular formula is C20H30N4O4. The van der Waals surface area contributed by atoms with Gasteiger partial charge in [0.2, 0.25) is 11.9 Å². The Bertz CT molecular complexity index is 833. The molecule has 8 nitrogen and oxygen atoms in total. The summed E-state index contributed by atoms with van der Waals surface area (Å²) in [5.41, 5.74) is 1.92. The molecule has 1 amide bonds. The average molecular weight is 390 g/mol. The Morgan fingerprint density at radius 2 is 2.25 bits per heavy atom. The van der Waals surface area contributed by atoms with Crippen molar-refractivity contribution in [2.45, 2.75) is 38.2 Å². The highest BCUT2D eigenvalue weighted by Crippen LogP contribution is 2.33. The topological polar surface area (TPSA) is 99.7 Å². The van der Waals surface area contributed by atoms with Gasteiger partial charge in [0.1, 0.15) is 11.3 Å². The number of benzene rings is 1. The van der Waals surface area contributed by atoms with Gasteiger partial charge in [-0.05, 0) is 37.3 Å². The summed E-state index contributed by atoms with van der Waals surface area (Å²) in [4.78, 5) is 22.2. The summed E-state index contributed by atoms with van der Waals surface area (Å²) in [7, 11) is 3.30. The number of rotatable bonds is 8. The molecule has 28 heavy (non-hydrogen) atoms. The molecule has 3 rings (SSSR count). The van der Waals surface area contributed by atoms with Crippen molar-refractivity contribution in [1.29, 1.82) is 0 Å². The Hall–Kier alpha value is -2.16. The van der Waals surface area contributed by atoms with E-state index in [1.165, 1.54) is 0 Å². The standard InChI is InChI=1S/C20H30N4O4/c1-13(7-10-27-3)14-5-6-15(28-4)18-17(14)22-19(23-18)21-16(25)11-24-9-8-20(2,26)12-24/h5-6,13,26H,7-12H2,1-4H3,(H2,21,22,23,25)/t13?,20-/m1/s1. The van der Waals surface area contributed by atoms with E-state index in [1.807, 2.05) is 17.0 Å². The van der Waals surface area contributed by atoms with Crippen LogP contribution >= 0.6 is 0 Å². The first-order valence-corrected chi connectivity index (χ1v) is 9.63. The maximum Gasteiger partial charge on any atom is 0.240 e. The number of carbonyl (C=O) groups is 1. The minimum absolute atomic E-state index is 0.162. The Kier molecular flexibility index (Phi) is 6.22. The zero-order valence-electron chi connectivity index (χ0n) is 17.0. The van der Waals surface area contributed by atoms with E-state index in [-0.39, 0.29) is 18.4 Å². The number of nitrogens with one attached hydrogen (secondary N) is 2. The van der Waals surface area contributed by atoms with Gasteiger partial charge in [0.25, 0.3) is 0 Å². The number of fused-ring (bicyclic) bond motifs is 1. The molecule has 3 N–H and O–H groups in total. The van der Waals surface area contributed by atoms with Crippen molar-refractivity contribution in [1.82, 2.24) is 14.9 Å². The summed E-state index contributed by atoms with van der Waals surface area (Å²) in [5, 5.41) is 12.9. The number of hydrogen-bond donors (Lipinski definition) is 3. The summed E-state index contributed by atoms with van der Waals surface area (Å²) in [6.45, 7) is 6.02. The zero-order chi connectivity index (χ0) is 20.3. The number of carbonyl (C=O) groups excluding carboxylic acids is 1. The summed E-state index contributed by atoms with van der Waals surface area (Å²) in [6.07, 6.45) is 1.55. The second-order valence-corrected chi connectivity index (χ2v) is 7.85. The number of nitrogens with zero attached hydrogens (tertiary/aromatic N) is 2. The molecule has 2 heterocycles. The predicted octanol–water partition coefficient (Wildman–Crippen LogP) is 2.11. The smallest absolute Gasteiger partial charge is 0.240 e. The molecule has 1 fully saturated rings. The van der Waals surface area contributed by atoms with Gasteiger partial charge in [-0.1, -0.05) is 13.0 Å². The van der Waals surface area contributed by atoms with Gasteiger partial charge < -0.3 is 19.6 Å². The number of imidazole rings is 1. The number of ether oxygens (including phenoxy) is 2. The molecule has 0 aliphatic carbocycles. The van der Waals surface area contributed by atoms with Crippen LogP contribution in [0.5, 0.6) is 5.75 Å². The van der Waals surface area contributed by atoms with Crippen molar-refractivity contribution in [3.63, 3.8) is 0 Å². The highest BCUT2D eigenvalue weighted by atomic mass is 16.5. The van der Waals surface area contributed by atoms with Crippen LogP contribution in [0, 0.1) is 0 Å². The molecule has 8 heteroatoms. The SMILES string of the molecule is COCCC(C)c1ccc(OC)c2[nH]c(NC(=O)CN3CC[C@@](C)(O)C3)nc12. The largest absolute Gasteiger partial charge is 0.494 e. The molecule has 0 bridgehead atoms. The fourth-order valence-corrected chi connectivity index (χ4v) is 3.71. The van der Waals surface area contributed by atoms with Crippen LogP contribution in [0.1, 0.15) is 38.2 Å². The summed E-state index contributed by atoms with van der Waals surface area (Å²) in [5.74, 6) is 1.17. The second kappa shape index (κ2) is 8.46. The number of aromatic nitrogens is 2. The lowest BCUT2D eigenvalue weighted by Crippen LogP contribution is -2.35. The number of H-pyrrole nitrogens is 1. The van der Waals surface area contributed by atoms with Gasteiger partial charge in [-0.15, -0.1) is 0 Å². The molecule has 1 unspecified atom stereocenters. The number of anilines is 1. The number of β-amino-alcohol motifs (C(OH)–C–C–N with tert-alkyl or cyclic N) is 1. The van der Waals surface area contributed by atoms with Crippen LogP contribution in [0.3, 0.4) is 0 Å². The van der Waals surface area contributed by atoms with Crippen LogP contribution in [0.15, 0.2) is 12.1 Å². The summed E-state index contributed by atoms with van der Waals surface area (Å²) >= 11 is 0. The maximum absolute atomic E-state index is 12.4. The molecule has 2 atom stereocenters. The molecule has 154 valence electrons. The lowest BCUT2D eigenvalue weighted by molar-refractivity contribution is -0.117. The third kappa shape index (κ3) is 4.63. The van der Waals surface area contributed by atoms with Crippen molar-refractivity contribution >= 4 is 22.9 Å². The quantitative estimate of drug-likeness (QED) is 0.638. The van der Waals surface area contributed by atoms with Crippen molar-refractivity contribution in [3.05, 3.63) is 17.7 Å². The van der Waals surface area contributed by atoms with E-state index in [9.17, 15) is 9.90 Å². The molecular weight excluding hydrogens is 360 g/mol. The minimum atomic E-state index is -0.722. The maximum atomic E-state index is 12.4. The average Bonchev–Trinajstić information content (AvgIpc) is 3.20. The van der Waals surface area contributed by atoms with Crippen molar-refractivity contribution < 1.29 is 19.4 Å². The molecule has 0 radical (unpaired) electrons. The fraction of sp³-hybridized carbons (Fsp3) is 0.600. The van der Waals surface area contributed by atoms with Crippen LogP contribution < -0.4 is 10.1 Å². The highest BCUT2D eigenvalue weighted by Gasteiger charge is 2.32. The summed E-state index contributed by atoms with van der Waals surface area (Å²) in [6, 6.07) is 3.93. The first-order chi connectivity index (χ1) is 13.3. The number of aliphatic hydroxyl groups is 1. The van der Waals surface area contributed by atoms with E-state index in [0.717, 1.165) is 23.0 Å². The number of amides is 1. The molecule has 1 aromatic carbocycles. The first kappa shape index (κ1) is 20.6. The monoisotopic (exact) mass is 390 g/mol. The molecule has 0 spiro atoms. The van der Waals surface area contributed by atoms with E-state index in [0.29, 0.717) is 37.8 Å². The Labute approximate surface area is 165 Å². The van der Waals surface area contributed by atoms with Gasteiger partial charge in [0, 0.05) is 26.8 Å². The zero-order valence-corrected chi connectivity index (χ0v) is 17.0. The molecule has 1 aliphatic heterocycles. The van der Waals surface area contributed by atoms with Crippen LogP contribution in [0.25, 0.3) is 11.0 Å². The lowest BCUT2D eigenvalue weighted by atomic mass is 9.96. The van der Waals surface area contributed by atoms with E-state index in [2.05, 4.69) is 22.2 Å². The number of hydrogen-bond acceptors (Lipinski definition) is 6. The van der Waals surface area contributed by atoms with E-state index < -0.39 is 5.60 Å². The van der Waals surface area contributed by atoms with Gasteiger partial charge >= 0.3 is 0 Å². The van der Waals surface area contributed by atoms with Crippen LogP contribution in [-0.2, 0) is 9.53 Å². The molecule has 2 aromatic rings. The van der Waals surface area contributed by atoms with Gasteiger partial charge in [0.15, 0.2) is 0 Å². The van der Waals surface area contributed by atoms with E-state index >= 15 is 0 Å². The van der Waals surface area contributed by atoms with E-state index in [1.54, 1.807) is 21.1 Å². The Balaban J connectivity index is 1.77. The van der Waals surface area contributed by atoms with Crippen molar-refractivity contribution in [2.24, 2.45) is 0 Å². The third-order valence-corrected chi connectivity index (χ3v) is 5.30. The molecule has 1 aliphatic rings. The van der Waals surface area contributed by atoms with Crippen LogP contribution in [-0.4, -0.2) is 71.9 Å². The molecule has 1 aromatic heterocycles. The van der Waals surface area contributed by atoms with Crippen LogP contribution in [0.4, 0.5) is 5.95 Å². The molecule has 0 saturated carbocycles. The Morgan fingerprint density at radius 1 is 1.46 bits per heavy atom. The number of likely N-dealkylation sites (tertiary alicyclic amines) is 1. The van der Waals surface area contributed by atoms with Gasteiger partial charge in [-0.2, -0.15) is 0 Å². The summed E-state index contributed by atoms with van der Waals surface area (Å²) < 4.78 is 10.6. The first-order valence-electron chi connectivity index (χ1n) is 9.63. The predicted molar refractivity (Wildman–Crippen MR) is 108 cm³/mol. The van der Waals surface area contributed by atoms with Gasteiger partial charge in [0.05, 0.1) is 24.8 Å². The van der Waals surface area contributed by atoms with Gasteiger partial charge in [-0.3, -0.25) is 15.0 Å². The lowest BCUT2D eigenvalue weighted by Gasteiger charge is -2.17. The highest BCUT2D eigenvalue weighted by molar-refractivity contribution is 5.94. The minimum Gasteiger partial charge on any atom is -0.494 e. The third-order valence-electron chi connectivity index (χ3n) is 5.30. The van der Waals surface area contributed by atoms with Gasteiger partial charge in [-0.25, -0.2) is 4.98 Å². The second-order valence-electron chi connectivity index (χ2n) is 7.85. The number of methoxy groups -OCH3 is 2. The van der Waals surface area contributed by atoms with Crippen LogP contribution in [0.2, 0.25) is 0 Å². The fourth-order valence-electron chi connectivity index (χ4n) is 3.71. The molecule has 1 saturated heterocycles.